The Labute approximate surface area is 180 Å². The number of thiazole rings is 1. The van der Waals surface area contributed by atoms with Crippen LogP contribution in [0.1, 0.15) is 10.6 Å². The van der Waals surface area contributed by atoms with Crippen molar-refractivity contribution >= 4 is 43.6 Å². The molecule has 0 fully saturated rings. The van der Waals surface area contributed by atoms with Gasteiger partial charge in [0.1, 0.15) is 5.82 Å². The number of aromatic nitrogens is 3. The van der Waals surface area contributed by atoms with Gasteiger partial charge in [-0.3, -0.25) is 14.4 Å². The van der Waals surface area contributed by atoms with Gasteiger partial charge in [0.15, 0.2) is 22.2 Å². The van der Waals surface area contributed by atoms with E-state index in [4.69, 9.17) is 9.15 Å². The Morgan fingerprint density at radius 3 is 2.97 bits per heavy atom. The van der Waals surface area contributed by atoms with Crippen molar-refractivity contribution in [2.45, 2.75) is 6.54 Å². The third-order valence-electron chi connectivity index (χ3n) is 4.87. The summed E-state index contributed by atoms with van der Waals surface area (Å²) in [6.07, 6.45) is 3.50. The smallest absolute Gasteiger partial charge is 0.295 e. The first-order valence-electron chi connectivity index (χ1n) is 9.54. The maximum atomic E-state index is 13.7. The molecule has 0 atom stereocenters. The summed E-state index contributed by atoms with van der Waals surface area (Å²) in [4.78, 5) is 19.6. The molecule has 156 valence electrons. The van der Waals surface area contributed by atoms with Crippen molar-refractivity contribution in [1.82, 2.24) is 14.8 Å². The molecule has 0 radical (unpaired) electrons. The lowest BCUT2D eigenvalue weighted by molar-refractivity contribution is 0.0961. The molecular formula is C22H17FN4O3S. The van der Waals surface area contributed by atoms with Gasteiger partial charge in [-0.25, -0.2) is 9.37 Å². The molecule has 7 nitrogen and oxygen atoms in total. The highest BCUT2D eigenvalue weighted by molar-refractivity contribution is 7.22. The maximum absolute atomic E-state index is 13.7. The minimum atomic E-state index is -0.346. The van der Waals surface area contributed by atoms with Crippen molar-refractivity contribution in [2.24, 2.45) is 0 Å². The van der Waals surface area contributed by atoms with Crippen LogP contribution < -0.4 is 9.64 Å². The Balaban J connectivity index is 1.54. The van der Waals surface area contributed by atoms with Crippen molar-refractivity contribution in [3.8, 4) is 5.75 Å². The lowest BCUT2D eigenvalue weighted by Gasteiger charge is -2.18. The lowest BCUT2D eigenvalue weighted by Crippen LogP contribution is -2.33. The van der Waals surface area contributed by atoms with E-state index in [9.17, 15) is 9.18 Å². The Hall–Kier alpha value is -3.72. The fourth-order valence-corrected chi connectivity index (χ4v) is 4.37. The third-order valence-corrected chi connectivity index (χ3v) is 5.91. The molecule has 0 aliphatic heterocycles. The van der Waals surface area contributed by atoms with E-state index in [2.05, 4.69) is 10.1 Å². The molecule has 0 N–H and O–H groups in total. The molecule has 0 unspecified atom stereocenters. The molecule has 3 aromatic heterocycles. The van der Waals surface area contributed by atoms with E-state index in [1.54, 1.807) is 36.2 Å². The second kappa shape index (κ2) is 7.84. The molecule has 2 aromatic carbocycles. The van der Waals surface area contributed by atoms with Crippen LogP contribution in [0.25, 0.3) is 21.2 Å². The minimum absolute atomic E-state index is 0.172. The number of para-hydroxylation sites is 1. The Morgan fingerprint density at radius 1 is 1.26 bits per heavy atom. The number of methoxy groups -OCH3 is 1. The monoisotopic (exact) mass is 436 g/mol. The average molecular weight is 436 g/mol. The van der Waals surface area contributed by atoms with E-state index in [1.807, 2.05) is 24.4 Å². The van der Waals surface area contributed by atoms with Crippen LogP contribution in [0.3, 0.4) is 0 Å². The number of furan rings is 1. The van der Waals surface area contributed by atoms with Gasteiger partial charge in [0.25, 0.3) is 5.91 Å². The van der Waals surface area contributed by atoms with Gasteiger partial charge in [0.05, 0.1) is 23.9 Å². The maximum Gasteiger partial charge on any atom is 0.295 e. The van der Waals surface area contributed by atoms with Gasteiger partial charge in [0.2, 0.25) is 0 Å². The summed E-state index contributed by atoms with van der Waals surface area (Å²) in [5.41, 5.74) is 1.14. The van der Waals surface area contributed by atoms with Crippen molar-refractivity contribution in [3.05, 3.63) is 72.5 Å². The molecule has 0 aliphatic carbocycles. The summed E-state index contributed by atoms with van der Waals surface area (Å²) >= 11 is 1.25. The number of halogens is 1. The summed E-state index contributed by atoms with van der Waals surface area (Å²) in [5.74, 6) is 0.0342. The normalized spacial score (nSPS) is 11.3. The summed E-state index contributed by atoms with van der Waals surface area (Å²) in [6, 6.07) is 13.3. The lowest BCUT2D eigenvalue weighted by atomic mass is 10.2. The van der Waals surface area contributed by atoms with Gasteiger partial charge in [0, 0.05) is 24.3 Å². The second-order valence-electron chi connectivity index (χ2n) is 6.82. The molecule has 1 amide bonds. The SMILES string of the molecule is COc1cccc2cc(C(=O)N(CCn3cccn3)c3nc4ccc(F)cc4s3)oc12. The van der Waals surface area contributed by atoms with Crippen molar-refractivity contribution < 1.29 is 18.3 Å². The number of fused-ring (bicyclic) bond motifs is 2. The molecular weight excluding hydrogens is 419 g/mol. The summed E-state index contributed by atoms with van der Waals surface area (Å²) in [6.45, 7) is 0.781. The van der Waals surface area contributed by atoms with E-state index < -0.39 is 0 Å². The number of hydrogen-bond acceptors (Lipinski definition) is 6. The Morgan fingerprint density at radius 2 is 2.16 bits per heavy atom. The molecule has 0 saturated heterocycles. The van der Waals surface area contributed by atoms with E-state index in [0.29, 0.717) is 39.8 Å². The topological polar surface area (TPSA) is 73.4 Å². The van der Waals surface area contributed by atoms with Gasteiger partial charge >= 0.3 is 0 Å². The first kappa shape index (κ1) is 19.3. The van der Waals surface area contributed by atoms with Crippen LogP contribution >= 0.6 is 11.3 Å². The van der Waals surface area contributed by atoms with Crippen LogP contribution in [0.2, 0.25) is 0 Å². The fraction of sp³-hybridized carbons (Fsp3) is 0.136. The molecule has 9 heteroatoms. The number of hydrogen-bond donors (Lipinski definition) is 0. The molecule has 0 saturated carbocycles. The minimum Gasteiger partial charge on any atom is -0.493 e. The van der Waals surface area contributed by atoms with Gasteiger partial charge in [-0.05, 0) is 36.4 Å². The first-order valence-corrected chi connectivity index (χ1v) is 10.4. The zero-order valence-corrected chi connectivity index (χ0v) is 17.3. The van der Waals surface area contributed by atoms with E-state index in [1.165, 1.54) is 28.4 Å². The van der Waals surface area contributed by atoms with Crippen LogP contribution in [-0.2, 0) is 6.54 Å². The number of carbonyl (C=O) groups is 1. The van der Waals surface area contributed by atoms with Gasteiger partial charge in [-0.2, -0.15) is 5.10 Å². The summed E-state index contributed by atoms with van der Waals surface area (Å²) < 4.78 is 27.2. The summed E-state index contributed by atoms with van der Waals surface area (Å²) in [7, 11) is 1.55. The largest absolute Gasteiger partial charge is 0.493 e. The molecule has 0 spiro atoms. The first-order chi connectivity index (χ1) is 15.1. The molecule has 0 aliphatic rings. The predicted octanol–water partition coefficient (Wildman–Crippen LogP) is 4.73. The quantitative estimate of drug-likeness (QED) is 0.385. The van der Waals surface area contributed by atoms with Crippen LogP contribution in [0.15, 0.2) is 65.3 Å². The number of nitrogens with zero attached hydrogens (tertiary/aromatic N) is 4. The van der Waals surface area contributed by atoms with E-state index in [0.717, 1.165) is 5.39 Å². The van der Waals surface area contributed by atoms with E-state index >= 15 is 0 Å². The van der Waals surface area contributed by atoms with Gasteiger partial charge in [-0.15, -0.1) is 0 Å². The number of rotatable bonds is 6. The van der Waals surface area contributed by atoms with E-state index in [-0.39, 0.29) is 17.5 Å². The van der Waals surface area contributed by atoms with Crippen LogP contribution in [0.4, 0.5) is 9.52 Å². The van der Waals surface area contributed by atoms with Gasteiger partial charge < -0.3 is 9.15 Å². The number of amides is 1. The van der Waals surface area contributed by atoms with Crippen LogP contribution in [0.5, 0.6) is 5.75 Å². The van der Waals surface area contributed by atoms with Crippen molar-refractivity contribution in [1.29, 1.82) is 0 Å². The molecule has 5 aromatic rings. The molecule has 31 heavy (non-hydrogen) atoms. The predicted molar refractivity (Wildman–Crippen MR) is 116 cm³/mol. The Kier molecular flexibility index (Phi) is 4.87. The van der Waals surface area contributed by atoms with Gasteiger partial charge in [-0.1, -0.05) is 23.5 Å². The standard InChI is InChI=1S/C22H17FN4O3S/c1-29-17-5-2-4-14-12-18(30-20(14)17)21(28)27(11-10-26-9-3-8-24-26)22-25-16-7-6-15(23)13-19(16)31-22/h2-9,12-13H,10-11H2,1H3. The molecule has 0 bridgehead atoms. The molecule has 5 rings (SSSR count). The zero-order valence-electron chi connectivity index (χ0n) is 16.5. The molecule has 3 heterocycles. The van der Waals surface area contributed by atoms with Crippen LogP contribution in [-0.4, -0.2) is 34.3 Å². The second-order valence-corrected chi connectivity index (χ2v) is 7.83. The highest BCUT2D eigenvalue weighted by atomic mass is 32.1. The number of carbonyl (C=O) groups excluding carboxylic acids is 1. The zero-order chi connectivity index (χ0) is 21.4. The number of benzene rings is 2. The highest BCUT2D eigenvalue weighted by Crippen LogP contribution is 2.33. The third kappa shape index (κ3) is 3.64. The Bertz CT molecular complexity index is 1380. The van der Waals surface area contributed by atoms with Crippen molar-refractivity contribution in [3.63, 3.8) is 0 Å². The number of anilines is 1. The number of ether oxygens (including phenoxy) is 1. The summed E-state index contributed by atoms with van der Waals surface area (Å²) in [5, 5.41) is 5.43. The average Bonchev–Trinajstić information content (AvgIpc) is 3.52. The fourth-order valence-electron chi connectivity index (χ4n) is 3.36. The highest BCUT2D eigenvalue weighted by Gasteiger charge is 2.25. The van der Waals surface area contributed by atoms with Crippen LogP contribution in [0, 0.1) is 5.82 Å². The van der Waals surface area contributed by atoms with Crippen molar-refractivity contribution in [2.75, 3.05) is 18.6 Å².